The monoisotopic (exact) mass is 217 g/mol. The molecule has 1 heterocycles. The van der Waals surface area contributed by atoms with Crippen LogP contribution in [0.25, 0.3) is 0 Å². The molecule has 86 valence electrons. The van der Waals surface area contributed by atoms with Gasteiger partial charge in [0.2, 0.25) is 5.91 Å². The number of hydrogen-bond donors (Lipinski definition) is 2. The van der Waals surface area contributed by atoms with Gasteiger partial charge in [0.25, 0.3) is 0 Å². The van der Waals surface area contributed by atoms with E-state index in [2.05, 4.69) is 5.32 Å². The first-order valence-electron chi connectivity index (χ1n) is 4.86. The first-order chi connectivity index (χ1) is 7.18. The van der Waals surface area contributed by atoms with E-state index in [4.69, 9.17) is 14.6 Å². The second-order valence-electron chi connectivity index (χ2n) is 3.32. The number of carboxylic acids is 1. The van der Waals surface area contributed by atoms with E-state index < -0.39 is 11.9 Å². The number of carbonyl (C=O) groups excluding carboxylic acids is 1. The van der Waals surface area contributed by atoms with Crippen LogP contribution >= 0.6 is 0 Å². The Bertz CT molecular complexity index is 225. The number of carboxylic acid groups (broad SMARTS) is 1. The van der Waals surface area contributed by atoms with Gasteiger partial charge in [0.1, 0.15) is 13.2 Å². The molecule has 0 bridgehead atoms. The molecule has 1 aliphatic heterocycles. The number of carbonyl (C=O) groups is 2. The summed E-state index contributed by atoms with van der Waals surface area (Å²) in [6, 6.07) is 0. The third-order valence-electron chi connectivity index (χ3n) is 2.00. The summed E-state index contributed by atoms with van der Waals surface area (Å²) in [5.74, 6) is -1.49. The number of nitrogens with one attached hydrogen (secondary N) is 1. The van der Waals surface area contributed by atoms with E-state index in [1.165, 1.54) is 0 Å². The Kier molecular flexibility index (Phi) is 5.06. The predicted octanol–water partition coefficient (Wildman–Crippen LogP) is -0.617. The van der Waals surface area contributed by atoms with Crippen LogP contribution in [0.4, 0.5) is 0 Å². The summed E-state index contributed by atoms with van der Waals surface area (Å²) >= 11 is 0. The van der Waals surface area contributed by atoms with Gasteiger partial charge in [-0.15, -0.1) is 0 Å². The summed E-state index contributed by atoms with van der Waals surface area (Å²) in [6.07, 6.45) is 2.06. The molecule has 0 aromatic rings. The summed E-state index contributed by atoms with van der Waals surface area (Å²) < 4.78 is 10.4. The summed E-state index contributed by atoms with van der Waals surface area (Å²) in [5.41, 5.74) is 0. The fourth-order valence-electron chi connectivity index (χ4n) is 1.28. The Labute approximate surface area is 87.5 Å². The van der Waals surface area contributed by atoms with E-state index in [9.17, 15) is 9.59 Å². The smallest absolute Gasteiger partial charge is 0.322 e. The van der Waals surface area contributed by atoms with E-state index in [-0.39, 0.29) is 19.3 Å². The standard InChI is InChI=1S/C9H15NO5/c11-8(10-4-9(12)13)6-14-5-7-2-1-3-15-7/h7H,1-6H2,(H,10,11)(H,12,13). The molecule has 0 aromatic carbocycles. The first-order valence-corrected chi connectivity index (χ1v) is 4.86. The molecule has 0 spiro atoms. The van der Waals surface area contributed by atoms with Gasteiger partial charge in [-0.25, -0.2) is 0 Å². The third kappa shape index (κ3) is 5.34. The summed E-state index contributed by atoms with van der Waals surface area (Å²) in [6.45, 7) is 0.648. The number of hydrogen-bond acceptors (Lipinski definition) is 4. The van der Waals surface area contributed by atoms with Crippen molar-refractivity contribution in [1.29, 1.82) is 0 Å². The van der Waals surface area contributed by atoms with Crippen molar-refractivity contribution in [2.75, 3.05) is 26.4 Å². The first kappa shape index (κ1) is 11.9. The minimum atomic E-state index is -1.07. The topological polar surface area (TPSA) is 84.9 Å². The van der Waals surface area contributed by atoms with Crippen LogP contribution in [0.5, 0.6) is 0 Å². The predicted molar refractivity (Wildman–Crippen MR) is 50.4 cm³/mol. The molecule has 6 nitrogen and oxygen atoms in total. The molecule has 1 atom stereocenters. The normalized spacial score (nSPS) is 20.1. The van der Waals surface area contributed by atoms with Crippen LogP contribution in [0.15, 0.2) is 0 Å². The molecule has 1 unspecified atom stereocenters. The largest absolute Gasteiger partial charge is 0.480 e. The average molecular weight is 217 g/mol. The highest BCUT2D eigenvalue weighted by molar-refractivity contribution is 5.81. The second kappa shape index (κ2) is 6.36. The summed E-state index contributed by atoms with van der Waals surface area (Å²) in [5, 5.41) is 10.5. The third-order valence-corrected chi connectivity index (χ3v) is 2.00. The quantitative estimate of drug-likeness (QED) is 0.619. The van der Waals surface area contributed by atoms with Gasteiger partial charge in [-0.1, -0.05) is 0 Å². The number of ether oxygens (including phenoxy) is 2. The molecule has 1 fully saturated rings. The van der Waals surface area contributed by atoms with E-state index in [0.29, 0.717) is 6.61 Å². The van der Waals surface area contributed by atoms with Crippen molar-refractivity contribution in [3.05, 3.63) is 0 Å². The molecule has 0 aliphatic carbocycles. The molecule has 0 aromatic heterocycles. The van der Waals surface area contributed by atoms with Crippen LogP contribution in [-0.2, 0) is 19.1 Å². The van der Waals surface area contributed by atoms with Crippen LogP contribution in [0.1, 0.15) is 12.8 Å². The van der Waals surface area contributed by atoms with Crippen LogP contribution in [0, 0.1) is 0 Å². The van der Waals surface area contributed by atoms with Crippen molar-refractivity contribution < 1.29 is 24.2 Å². The van der Waals surface area contributed by atoms with Crippen LogP contribution < -0.4 is 5.32 Å². The minimum Gasteiger partial charge on any atom is -0.480 e. The van der Waals surface area contributed by atoms with Crippen LogP contribution in [0.3, 0.4) is 0 Å². The SMILES string of the molecule is O=C(O)CNC(=O)COCC1CCCO1. The molecule has 6 heteroatoms. The van der Waals surface area contributed by atoms with Crippen molar-refractivity contribution in [3.63, 3.8) is 0 Å². The zero-order valence-corrected chi connectivity index (χ0v) is 8.40. The van der Waals surface area contributed by atoms with Gasteiger partial charge >= 0.3 is 5.97 Å². The van der Waals surface area contributed by atoms with Gasteiger partial charge in [-0.3, -0.25) is 9.59 Å². The number of amides is 1. The van der Waals surface area contributed by atoms with Gasteiger partial charge in [-0.05, 0) is 12.8 Å². The zero-order chi connectivity index (χ0) is 11.1. The Balaban J connectivity index is 1.98. The lowest BCUT2D eigenvalue weighted by Crippen LogP contribution is -2.33. The maximum atomic E-state index is 11.0. The Morgan fingerprint density at radius 3 is 2.93 bits per heavy atom. The highest BCUT2D eigenvalue weighted by Crippen LogP contribution is 2.11. The summed E-state index contributed by atoms with van der Waals surface area (Å²) in [7, 11) is 0. The molecule has 1 rings (SSSR count). The Hall–Kier alpha value is -1.14. The fourth-order valence-corrected chi connectivity index (χ4v) is 1.28. The highest BCUT2D eigenvalue weighted by atomic mass is 16.5. The fraction of sp³-hybridized carbons (Fsp3) is 0.778. The number of rotatable bonds is 6. The maximum Gasteiger partial charge on any atom is 0.322 e. The molecule has 1 aliphatic rings. The van der Waals surface area contributed by atoms with Gasteiger partial charge in [0.15, 0.2) is 0 Å². The van der Waals surface area contributed by atoms with Crippen molar-refractivity contribution in [2.24, 2.45) is 0 Å². The lowest BCUT2D eigenvalue weighted by atomic mass is 10.2. The molecule has 15 heavy (non-hydrogen) atoms. The lowest BCUT2D eigenvalue weighted by Gasteiger charge is -2.09. The van der Waals surface area contributed by atoms with Crippen molar-refractivity contribution >= 4 is 11.9 Å². The molecular formula is C9H15NO5. The molecule has 2 N–H and O–H groups in total. The van der Waals surface area contributed by atoms with E-state index in [1.807, 2.05) is 0 Å². The van der Waals surface area contributed by atoms with E-state index in [0.717, 1.165) is 19.4 Å². The highest BCUT2D eigenvalue weighted by Gasteiger charge is 2.15. The molecule has 1 saturated heterocycles. The molecular weight excluding hydrogens is 202 g/mol. The Morgan fingerprint density at radius 2 is 2.33 bits per heavy atom. The van der Waals surface area contributed by atoms with E-state index in [1.54, 1.807) is 0 Å². The Morgan fingerprint density at radius 1 is 1.53 bits per heavy atom. The van der Waals surface area contributed by atoms with Gasteiger partial charge in [0.05, 0.1) is 12.7 Å². The van der Waals surface area contributed by atoms with E-state index >= 15 is 0 Å². The minimum absolute atomic E-state index is 0.0808. The molecule has 0 saturated carbocycles. The lowest BCUT2D eigenvalue weighted by molar-refractivity contribution is -0.138. The zero-order valence-electron chi connectivity index (χ0n) is 8.40. The number of aliphatic carboxylic acids is 1. The van der Waals surface area contributed by atoms with Gasteiger partial charge < -0.3 is 19.9 Å². The summed E-state index contributed by atoms with van der Waals surface area (Å²) in [4.78, 5) is 21.1. The van der Waals surface area contributed by atoms with Crippen molar-refractivity contribution in [1.82, 2.24) is 5.32 Å². The van der Waals surface area contributed by atoms with Crippen molar-refractivity contribution in [3.8, 4) is 0 Å². The molecule has 1 amide bonds. The maximum absolute atomic E-state index is 11.0. The van der Waals surface area contributed by atoms with Gasteiger partial charge in [0, 0.05) is 6.61 Å². The average Bonchev–Trinajstić information content (AvgIpc) is 2.67. The van der Waals surface area contributed by atoms with Gasteiger partial charge in [-0.2, -0.15) is 0 Å². The molecule has 0 radical (unpaired) electrons. The second-order valence-corrected chi connectivity index (χ2v) is 3.32. The van der Waals surface area contributed by atoms with Crippen LogP contribution in [0.2, 0.25) is 0 Å². The van der Waals surface area contributed by atoms with Crippen molar-refractivity contribution in [2.45, 2.75) is 18.9 Å². The van der Waals surface area contributed by atoms with Crippen LogP contribution in [-0.4, -0.2) is 49.5 Å².